The van der Waals surface area contributed by atoms with Crippen LogP contribution in [0.25, 0.3) is 0 Å². The van der Waals surface area contributed by atoms with E-state index in [1.54, 1.807) is 0 Å². The molecular weight excluding hydrogens is 294 g/mol. The molecular formula is C13H12BrN3O. The van der Waals surface area contributed by atoms with Crippen LogP contribution in [-0.2, 0) is 13.0 Å². The van der Waals surface area contributed by atoms with Gasteiger partial charge in [-0.25, -0.2) is 0 Å². The molecule has 0 bridgehead atoms. The molecule has 0 aliphatic heterocycles. The summed E-state index contributed by atoms with van der Waals surface area (Å²) in [7, 11) is 0. The minimum Gasteiger partial charge on any atom is -0.338 e. The summed E-state index contributed by atoms with van der Waals surface area (Å²) in [4.78, 5) is 4.28. The largest absolute Gasteiger partial charge is 0.338 e. The summed E-state index contributed by atoms with van der Waals surface area (Å²) in [5, 5.41) is 6.92. The van der Waals surface area contributed by atoms with E-state index in [0.717, 1.165) is 10.0 Å². The van der Waals surface area contributed by atoms with Crippen molar-refractivity contribution in [2.24, 2.45) is 0 Å². The molecule has 18 heavy (non-hydrogen) atoms. The second kappa shape index (κ2) is 6.34. The lowest BCUT2D eigenvalue weighted by molar-refractivity contribution is 0.366. The average Bonchev–Trinajstić information content (AvgIpc) is 2.77. The Hall–Kier alpha value is -1.64. The third-order valence-electron chi connectivity index (χ3n) is 2.26. The molecule has 1 N–H and O–H groups in total. The third kappa shape index (κ3) is 3.69. The lowest BCUT2D eigenvalue weighted by Crippen LogP contribution is -2.13. The van der Waals surface area contributed by atoms with E-state index in [0.29, 0.717) is 31.2 Å². The maximum atomic E-state index is 5.13. The highest BCUT2D eigenvalue weighted by Crippen LogP contribution is 2.14. The van der Waals surface area contributed by atoms with Crippen LogP contribution in [0.3, 0.4) is 0 Å². The van der Waals surface area contributed by atoms with Gasteiger partial charge < -0.3 is 4.52 Å². The van der Waals surface area contributed by atoms with Crippen molar-refractivity contribution in [2.75, 3.05) is 6.54 Å². The highest BCUT2D eigenvalue weighted by molar-refractivity contribution is 9.10. The molecule has 2 aromatic rings. The Morgan fingerprint density at radius 3 is 3.11 bits per heavy atom. The van der Waals surface area contributed by atoms with Crippen LogP contribution in [0, 0.1) is 12.3 Å². The first-order chi connectivity index (χ1) is 8.78. The van der Waals surface area contributed by atoms with Gasteiger partial charge in [0.05, 0.1) is 13.1 Å². The Morgan fingerprint density at radius 2 is 2.33 bits per heavy atom. The molecule has 0 unspecified atom stereocenters. The van der Waals surface area contributed by atoms with Gasteiger partial charge in [-0.2, -0.15) is 4.98 Å². The minimum atomic E-state index is 0.489. The van der Waals surface area contributed by atoms with E-state index >= 15 is 0 Å². The summed E-state index contributed by atoms with van der Waals surface area (Å²) in [6.45, 7) is 0.985. The Balaban J connectivity index is 1.96. The topological polar surface area (TPSA) is 51.0 Å². The Bertz CT molecular complexity index is 559. The number of hydrogen-bond acceptors (Lipinski definition) is 4. The lowest BCUT2D eigenvalue weighted by atomic mass is 10.1. The van der Waals surface area contributed by atoms with E-state index in [1.807, 2.05) is 24.3 Å². The van der Waals surface area contributed by atoms with Gasteiger partial charge in [0, 0.05) is 10.9 Å². The average molecular weight is 306 g/mol. The summed E-state index contributed by atoms with van der Waals surface area (Å²) < 4.78 is 6.15. The molecule has 1 heterocycles. The van der Waals surface area contributed by atoms with Crippen molar-refractivity contribution in [1.82, 2.24) is 15.5 Å². The van der Waals surface area contributed by atoms with Crippen LogP contribution in [0.5, 0.6) is 0 Å². The Kier molecular flexibility index (Phi) is 4.51. The normalized spacial score (nSPS) is 10.2. The smallest absolute Gasteiger partial charge is 0.240 e. The second-order valence-corrected chi connectivity index (χ2v) is 4.63. The van der Waals surface area contributed by atoms with Crippen LogP contribution in [0.15, 0.2) is 33.3 Å². The van der Waals surface area contributed by atoms with Gasteiger partial charge in [0.2, 0.25) is 5.89 Å². The van der Waals surface area contributed by atoms with Crippen LogP contribution in [0.4, 0.5) is 0 Å². The standard InChI is InChI=1S/C13H12BrN3O/c1-2-6-15-9-13-16-12(17-18-13)8-10-4-3-5-11(14)7-10/h1,3-5,7,15H,6,8-9H2. The summed E-state index contributed by atoms with van der Waals surface area (Å²) in [6.07, 6.45) is 5.78. The predicted octanol–water partition coefficient (Wildman–Crippen LogP) is 2.15. The van der Waals surface area contributed by atoms with Crippen molar-refractivity contribution in [3.05, 3.63) is 46.0 Å². The highest BCUT2D eigenvalue weighted by atomic mass is 79.9. The van der Waals surface area contributed by atoms with Gasteiger partial charge in [-0.1, -0.05) is 39.1 Å². The summed E-state index contributed by atoms with van der Waals surface area (Å²) >= 11 is 3.43. The first kappa shape index (κ1) is 12.8. The van der Waals surface area contributed by atoms with Crippen molar-refractivity contribution in [2.45, 2.75) is 13.0 Å². The zero-order valence-electron chi connectivity index (χ0n) is 9.69. The number of halogens is 1. The van der Waals surface area contributed by atoms with E-state index in [9.17, 15) is 0 Å². The first-order valence-electron chi connectivity index (χ1n) is 5.48. The number of terminal acetylenes is 1. The Morgan fingerprint density at radius 1 is 1.44 bits per heavy atom. The summed E-state index contributed by atoms with van der Waals surface area (Å²) in [5.74, 6) is 3.71. The van der Waals surface area contributed by atoms with E-state index in [-0.39, 0.29) is 0 Å². The molecule has 5 heteroatoms. The quantitative estimate of drug-likeness (QED) is 0.679. The molecule has 1 aromatic heterocycles. The SMILES string of the molecule is C#CCNCc1nc(Cc2cccc(Br)c2)no1. The van der Waals surface area contributed by atoms with Gasteiger partial charge in [-0.3, -0.25) is 5.32 Å². The lowest BCUT2D eigenvalue weighted by Gasteiger charge is -1.97. The van der Waals surface area contributed by atoms with Crippen LogP contribution < -0.4 is 5.32 Å². The molecule has 1 aromatic carbocycles. The van der Waals surface area contributed by atoms with Gasteiger partial charge in [0.25, 0.3) is 0 Å². The molecule has 0 fully saturated rings. The van der Waals surface area contributed by atoms with Crippen LogP contribution in [0.2, 0.25) is 0 Å². The van der Waals surface area contributed by atoms with E-state index in [1.165, 1.54) is 0 Å². The second-order valence-electron chi connectivity index (χ2n) is 3.72. The summed E-state index contributed by atoms with van der Waals surface area (Å²) in [6, 6.07) is 8.02. The zero-order valence-corrected chi connectivity index (χ0v) is 11.3. The monoisotopic (exact) mass is 305 g/mol. The van der Waals surface area contributed by atoms with Gasteiger partial charge in [0.1, 0.15) is 0 Å². The molecule has 0 spiro atoms. The first-order valence-corrected chi connectivity index (χ1v) is 6.27. The van der Waals surface area contributed by atoms with Crippen LogP contribution in [0.1, 0.15) is 17.3 Å². The third-order valence-corrected chi connectivity index (χ3v) is 2.76. The maximum absolute atomic E-state index is 5.13. The highest BCUT2D eigenvalue weighted by Gasteiger charge is 2.06. The number of nitrogens with zero attached hydrogens (tertiary/aromatic N) is 2. The van der Waals surface area contributed by atoms with Gasteiger partial charge >= 0.3 is 0 Å². The van der Waals surface area contributed by atoms with E-state index in [4.69, 9.17) is 10.9 Å². The maximum Gasteiger partial charge on any atom is 0.240 e. The molecule has 0 aliphatic carbocycles. The molecule has 0 aliphatic rings. The number of rotatable bonds is 5. The molecule has 0 saturated carbocycles. The van der Waals surface area contributed by atoms with Crippen molar-refractivity contribution in [1.29, 1.82) is 0 Å². The van der Waals surface area contributed by atoms with Crippen molar-refractivity contribution >= 4 is 15.9 Å². The fraction of sp³-hybridized carbons (Fsp3) is 0.231. The van der Waals surface area contributed by atoms with Gasteiger partial charge in [0.15, 0.2) is 5.82 Å². The van der Waals surface area contributed by atoms with Crippen molar-refractivity contribution in [3.8, 4) is 12.3 Å². The van der Waals surface area contributed by atoms with Crippen molar-refractivity contribution < 1.29 is 4.52 Å². The fourth-order valence-electron chi connectivity index (χ4n) is 1.50. The van der Waals surface area contributed by atoms with Crippen LogP contribution >= 0.6 is 15.9 Å². The predicted molar refractivity (Wildman–Crippen MR) is 71.8 cm³/mol. The van der Waals surface area contributed by atoms with E-state index in [2.05, 4.69) is 37.3 Å². The molecule has 92 valence electrons. The number of nitrogens with one attached hydrogen (secondary N) is 1. The number of hydrogen-bond donors (Lipinski definition) is 1. The van der Waals surface area contributed by atoms with Crippen LogP contribution in [-0.4, -0.2) is 16.7 Å². The molecule has 0 amide bonds. The van der Waals surface area contributed by atoms with Gasteiger partial charge in [-0.05, 0) is 17.7 Å². The molecule has 4 nitrogen and oxygen atoms in total. The molecule has 0 saturated heterocycles. The fourth-order valence-corrected chi connectivity index (χ4v) is 1.95. The number of benzene rings is 1. The molecule has 0 atom stereocenters. The minimum absolute atomic E-state index is 0.489. The van der Waals surface area contributed by atoms with Crippen molar-refractivity contribution in [3.63, 3.8) is 0 Å². The van der Waals surface area contributed by atoms with Gasteiger partial charge in [-0.15, -0.1) is 6.42 Å². The van der Waals surface area contributed by atoms with E-state index < -0.39 is 0 Å². The number of aromatic nitrogens is 2. The molecule has 0 radical (unpaired) electrons. The Labute approximate surface area is 114 Å². The summed E-state index contributed by atoms with van der Waals surface area (Å²) in [5.41, 5.74) is 1.13. The zero-order chi connectivity index (χ0) is 12.8. The molecule has 2 rings (SSSR count).